The SMILES string of the molecule is Cc1cccc(Nc2nc3nonc3nc2NC(C)C)c1C. The molecule has 0 unspecified atom stereocenters. The van der Waals surface area contributed by atoms with Gasteiger partial charge < -0.3 is 10.6 Å². The minimum absolute atomic E-state index is 0.214. The van der Waals surface area contributed by atoms with Gasteiger partial charge >= 0.3 is 0 Å². The third-order valence-corrected chi connectivity index (χ3v) is 3.40. The number of fused-ring (bicyclic) bond motifs is 1. The van der Waals surface area contributed by atoms with Crippen LogP contribution in [0.15, 0.2) is 22.8 Å². The second-order valence-electron chi connectivity index (χ2n) is 5.50. The molecule has 0 spiro atoms. The van der Waals surface area contributed by atoms with Crippen LogP contribution in [-0.4, -0.2) is 26.3 Å². The van der Waals surface area contributed by atoms with Gasteiger partial charge in [-0.2, -0.15) is 0 Å². The lowest BCUT2D eigenvalue weighted by Crippen LogP contribution is -2.14. The van der Waals surface area contributed by atoms with E-state index in [2.05, 4.69) is 50.8 Å². The first-order valence-electron chi connectivity index (χ1n) is 7.14. The van der Waals surface area contributed by atoms with E-state index in [1.54, 1.807) is 0 Å². The highest BCUT2D eigenvalue weighted by Crippen LogP contribution is 2.27. The smallest absolute Gasteiger partial charge is 0.245 e. The minimum atomic E-state index is 0.214. The van der Waals surface area contributed by atoms with Crippen LogP contribution in [0.5, 0.6) is 0 Å². The van der Waals surface area contributed by atoms with Crippen molar-refractivity contribution in [1.29, 1.82) is 0 Å². The van der Waals surface area contributed by atoms with Gasteiger partial charge in [0.25, 0.3) is 0 Å². The zero-order valence-electron chi connectivity index (χ0n) is 13.0. The maximum atomic E-state index is 4.69. The van der Waals surface area contributed by atoms with Crippen molar-refractivity contribution in [2.45, 2.75) is 33.7 Å². The van der Waals surface area contributed by atoms with Gasteiger partial charge in [0.05, 0.1) is 0 Å². The van der Waals surface area contributed by atoms with Crippen LogP contribution in [0.1, 0.15) is 25.0 Å². The Balaban J connectivity index is 2.05. The fraction of sp³-hybridized carbons (Fsp3) is 0.333. The molecule has 0 bridgehead atoms. The van der Waals surface area contributed by atoms with E-state index in [0.29, 0.717) is 22.9 Å². The average molecular weight is 298 g/mol. The topological polar surface area (TPSA) is 88.8 Å². The molecule has 0 radical (unpaired) electrons. The number of benzene rings is 1. The summed E-state index contributed by atoms with van der Waals surface area (Å²) in [6, 6.07) is 6.30. The Labute approximate surface area is 128 Å². The zero-order valence-corrected chi connectivity index (χ0v) is 13.0. The first-order valence-corrected chi connectivity index (χ1v) is 7.14. The monoisotopic (exact) mass is 298 g/mol. The number of hydrogen-bond donors (Lipinski definition) is 2. The van der Waals surface area contributed by atoms with Crippen LogP contribution in [0.25, 0.3) is 11.3 Å². The summed E-state index contributed by atoms with van der Waals surface area (Å²) in [6.45, 7) is 8.21. The molecule has 0 fully saturated rings. The number of rotatable bonds is 4. The largest absolute Gasteiger partial charge is 0.365 e. The molecule has 0 atom stereocenters. The van der Waals surface area contributed by atoms with Crippen LogP contribution in [0, 0.1) is 13.8 Å². The van der Waals surface area contributed by atoms with Gasteiger partial charge in [0.1, 0.15) is 0 Å². The van der Waals surface area contributed by atoms with Crippen molar-refractivity contribution in [3.63, 3.8) is 0 Å². The van der Waals surface area contributed by atoms with E-state index < -0.39 is 0 Å². The van der Waals surface area contributed by atoms with Crippen LogP contribution in [0.2, 0.25) is 0 Å². The van der Waals surface area contributed by atoms with Crippen molar-refractivity contribution in [1.82, 2.24) is 20.3 Å². The molecule has 2 N–H and O–H groups in total. The Kier molecular flexibility index (Phi) is 3.62. The summed E-state index contributed by atoms with van der Waals surface area (Å²) in [4.78, 5) is 8.87. The Morgan fingerprint density at radius 1 is 1.00 bits per heavy atom. The van der Waals surface area contributed by atoms with Crippen LogP contribution in [-0.2, 0) is 0 Å². The Bertz CT molecular complexity index is 811. The first kappa shape index (κ1) is 14.2. The molecule has 7 heteroatoms. The second-order valence-corrected chi connectivity index (χ2v) is 5.50. The molecule has 2 heterocycles. The van der Waals surface area contributed by atoms with Crippen LogP contribution >= 0.6 is 0 Å². The maximum Gasteiger partial charge on any atom is 0.245 e. The minimum Gasteiger partial charge on any atom is -0.365 e. The van der Waals surface area contributed by atoms with E-state index >= 15 is 0 Å². The number of nitrogens with zero attached hydrogens (tertiary/aromatic N) is 4. The van der Waals surface area contributed by atoms with E-state index in [0.717, 1.165) is 11.3 Å². The quantitative estimate of drug-likeness (QED) is 0.764. The molecular weight excluding hydrogens is 280 g/mol. The first-order chi connectivity index (χ1) is 10.5. The van der Waals surface area contributed by atoms with Crippen molar-refractivity contribution in [3.05, 3.63) is 29.3 Å². The summed E-state index contributed by atoms with van der Waals surface area (Å²) in [5.74, 6) is 1.23. The van der Waals surface area contributed by atoms with Gasteiger partial charge in [-0.1, -0.05) is 12.1 Å². The molecule has 1 aromatic carbocycles. The van der Waals surface area contributed by atoms with Gasteiger partial charge in [-0.15, -0.1) is 0 Å². The molecule has 22 heavy (non-hydrogen) atoms. The van der Waals surface area contributed by atoms with Crippen LogP contribution < -0.4 is 10.6 Å². The Hall–Kier alpha value is -2.70. The summed E-state index contributed by atoms with van der Waals surface area (Å²) in [6.07, 6.45) is 0. The number of hydrogen-bond acceptors (Lipinski definition) is 7. The normalized spacial score (nSPS) is 11.1. The molecule has 0 saturated carbocycles. The summed E-state index contributed by atoms with van der Waals surface area (Å²) < 4.78 is 4.69. The van der Waals surface area contributed by atoms with Crippen LogP contribution in [0.3, 0.4) is 0 Å². The number of aromatic nitrogens is 4. The molecule has 7 nitrogen and oxygen atoms in total. The second kappa shape index (κ2) is 5.59. The highest BCUT2D eigenvalue weighted by molar-refractivity contribution is 5.77. The fourth-order valence-electron chi connectivity index (χ4n) is 2.11. The van der Waals surface area contributed by atoms with Crippen LogP contribution in [0.4, 0.5) is 17.3 Å². The number of anilines is 3. The van der Waals surface area contributed by atoms with Gasteiger partial charge in [-0.05, 0) is 55.2 Å². The molecular formula is C15H18N6O. The highest BCUT2D eigenvalue weighted by Gasteiger charge is 2.14. The number of aryl methyl sites for hydroxylation is 1. The van der Waals surface area contributed by atoms with Crippen molar-refractivity contribution < 1.29 is 4.63 Å². The van der Waals surface area contributed by atoms with Crippen molar-refractivity contribution >= 4 is 28.6 Å². The van der Waals surface area contributed by atoms with Gasteiger partial charge in [0.15, 0.2) is 11.6 Å². The van der Waals surface area contributed by atoms with Crippen molar-refractivity contribution in [3.8, 4) is 0 Å². The summed E-state index contributed by atoms with van der Waals surface area (Å²) >= 11 is 0. The van der Waals surface area contributed by atoms with E-state index in [-0.39, 0.29) is 6.04 Å². The standard InChI is InChI=1S/C15H18N6O/c1-8(2)16-12-13(19-15-14(18-12)20-22-21-15)17-11-7-5-6-9(3)10(11)4/h5-8H,1-4H3,(H,16,18,20)(H,17,19,21). The molecule has 2 aromatic heterocycles. The van der Waals surface area contributed by atoms with E-state index in [1.165, 1.54) is 5.56 Å². The lowest BCUT2D eigenvalue weighted by atomic mass is 10.1. The Morgan fingerprint density at radius 2 is 1.68 bits per heavy atom. The van der Waals surface area contributed by atoms with E-state index in [1.807, 2.05) is 26.0 Å². The van der Waals surface area contributed by atoms with Gasteiger partial charge in [-0.25, -0.2) is 14.6 Å². The Morgan fingerprint density at radius 3 is 2.36 bits per heavy atom. The lowest BCUT2D eigenvalue weighted by molar-refractivity contribution is 0.314. The predicted octanol–water partition coefficient (Wildman–Crippen LogP) is 3.19. The van der Waals surface area contributed by atoms with E-state index in [9.17, 15) is 0 Å². The lowest BCUT2D eigenvalue weighted by Gasteiger charge is -2.15. The molecule has 114 valence electrons. The highest BCUT2D eigenvalue weighted by atomic mass is 16.6. The van der Waals surface area contributed by atoms with Gasteiger partial charge in [-0.3, -0.25) is 0 Å². The summed E-state index contributed by atoms with van der Waals surface area (Å²) in [5, 5.41) is 14.1. The van der Waals surface area contributed by atoms with Gasteiger partial charge in [0.2, 0.25) is 11.3 Å². The average Bonchev–Trinajstić information content (AvgIpc) is 2.90. The fourth-order valence-corrected chi connectivity index (χ4v) is 2.11. The molecule has 0 aliphatic rings. The third-order valence-electron chi connectivity index (χ3n) is 3.40. The molecule has 0 amide bonds. The molecule has 3 rings (SSSR count). The number of nitrogens with one attached hydrogen (secondary N) is 2. The van der Waals surface area contributed by atoms with Gasteiger partial charge in [0, 0.05) is 11.7 Å². The summed E-state index contributed by atoms with van der Waals surface area (Å²) in [5.41, 5.74) is 4.12. The zero-order chi connectivity index (χ0) is 15.7. The van der Waals surface area contributed by atoms with Crippen molar-refractivity contribution in [2.24, 2.45) is 0 Å². The van der Waals surface area contributed by atoms with Crippen molar-refractivity contribution in [2.75, 3.05) is 10.6 Å². The molecule has 0 saturated heterocycles. The van der Waals surface area contributed by atoms with E-state index in [4.69, 9.17) is 4.63 Å². The molecule has 3 aromatic rings. The maximum absolute atomic E-state index is 4.69. The molecule has 0 aliphatic carbocycles. The predicted molar refractivity (Wildman–Crippen MR) is 85.4 cm³/mol. The third kappa shape index (κ3) is 2.69. The molecule has 0 aliphatic heterocycles. The summed E-state index contributed by atoms with van der Waals surface area (Å²) in [7, 11) is 0.